The van der Waals surface area contributed by atoms with Gasteiger partial charge < -0.3 is 15.2 Å². The lowest BCUT2D eigenvalue weighted by molar-refractivity contribution is -0.657. The number of likely N-dealkylation sites (N-methyl/N-ethyl adjacent to an activating group) is 1. The van der Waals surface area contributed by atoms with E-state index < -0.39 is 12.0 Å². The highest BCUT2D eigenvalue weighted by molar-refractivity contribution is 14.1. The Morgan fingerprint density at radius 2 is 2.07 bits per heavy atom. The van der Waals surface area contributed by atoms with E-state index in [1.807, 2.05) is 24.3 Å². The zero-order valence-corrected chi connectivity index (χ0v) is 10.0. The van der Waals surface area contributed by atoms with Gasteiger partial charge in [0.05, 0.1) is 13.0 Å². The highest BCUT2D eigenvalue weighted by Crippen LogP contribution is 2.07. The summed E-state index contributed by atoms with van der Waals surface area (Å²) in [5, 5.41) is 12.3. The van der Waals surface area contributed by atoms with Crippen molar-refractivity contribution in [1.29, 1.82) is 0 Å². The normalized spacial score (nSPS) is 12.4. The molecule has 0 amide bonds. The molecular formula is C10H12INO2. The average Bonchev–Trinajstić information content (AvgIpc) is 2.16. The third-order valence-electron chi connectivity index (χ3n) is 2.07. The smallest absolute Gasteiger partial charge is 0.130 e. The van der Waals surface area contributed by atoms with Gasteiger partial charge in [0.1, 0.15) is 6.04 Å². The fourth-order valence-electron chi connectivity index (χ4n) is 1.21. The molecule has 1 rings (SSSR count). The predicted octanol–water partition coefficient (Wildman–Crippen LogP) is -0.855. The van der Waals surface area contributed by atoms with Crippen LogP contribution in [0.4, 0.5) is 0 Å². The monoisotopic (exact) mass is 305 g/mol. The van der Waals surface area contributed by atoms with Gasteiger partial charge in [-0.15, -0.1) is 0 Å². The van der Waals surface area contributed by atoms with Crippen LogP contribution in [-0.2, 0) is 11.2 Å². The molecule has 0 aliphatic carbocycles. The van der Waals surface area contributed by atoms with Crippen molar-refractivity contribution < 1.29 is 15.2 Å². The predicted molar refractivity (Wildman–Crippen MR) is 59.5 cm³/mol. The molecule has 4 heteroatoms. The van der Waals surface area contributed by atoms with Crippen molar-refractivity contribution in [3.8, 4) is 0 Å². The van der Waals surface area contributed by atoms with E-state index in [-0.39, 0.29) is 0 Å². The number of halogens is 1. The molecule has 14 heavy (non-hydrogen) atoms. The van der Waals surface area contributed by atoms with Crippen LogP contribution in [-0.4, -0.2) is 19.1 Å². The van der Waals surface area contributed by atoms with Gasteiger partial charge in [0.2, 0.25) is 0 Å². The molecule has 1 atom stereocenters. The van der Waals surface area contributed by atoms with E-state index in [4.69, 9.17) is 0 Å². The summed E-state index contributed by atoms with van der Waals surface area (Å²) in [5.74, 6) is -1.01. The van der Waals surface area contributed by atoms with Crippen LogP contribution in [0.1, 0.15) is 5.56 Å². The number of quaternary nitrogens is 1. The first kappa shape index (κ1) is 11.5. The molecule has 76 valence electrons. The van der Waals surface area contributed by atoms with Gasteiger partial charge in [-0.25, -0.2) is 0 Å². The van der Waals surface area contributed by atoms with Crippen LogP contribution in [0.2, 0.25) is 0 Å². The van der Waals surface area contributed by atoms with Crippen LogP contribution in [0.3, 0.4) is 0 Å². The Bertz CT molecular complexity index is 310. The average molecular weight is 305 g/mol. The molecule has 0 saturated heterocycles. The number of nitrogens with two attached hydrogens (primary N) is 1. The molecule has 0 aromatic heterocycles. The Labute approximate surface area is 96.7 Å². The van der Waals surface area contributed by atoms with Crippen LogP contribution in [0.25, 0.3) is 0 Å². The van der Waals surface area contributed by atoms with E-state index in [1.165, 1.54) is 0 Å². The second kappa shape index (κ2) is 5.31. The molecule has 0 aliphatic heterocycles. The van der Waals surface area contributed by atoms with Gasteiger partial charge >= 0.3 is 0 Å². The molecular weight excluding hydrogens is 293 g/mol. The fourth-order valence-corrected chi connectivity index (χ4v) is 1.57. The van der Waals surface area contributed by atoms with Crippen LogP contribution < -0.4 is 10.4 Å². The number of hydrogen-bond acceptors (Lipinski definition) is 2. The first-order chi connectivity index (χ1) is 6.63. The summed E-state index contributed by atoms with van der Waals surface area (Å²) in [6.07, 6.45) is 0.510. The minimum Gasteiger partial charge on any atom is -0.544 e. The quantitative estimate of drug-likeness (QED) is 0.737. The van der Waals surface area contributed by atoms with Crippen LogP contribution >= 0.6 is 22.6 Å². The lowest BCUT2D eigenvalue weighted by Gasteiger charge is -2.13. The molecule has 1 aromatic rings. The van der Waals surface area contributed by atoms with Gasteiger partial charge in [-0.2, -0.15) is 0 Å². The third kappa shape index (κ3) is 3.26. The Kier molecular flexibility index (Phi) is 4.34. The number of hydrogen-bond donors (Lipinski definition) is 1. The molecule has 0 radical (unpaired) electrons. The second-order valence-corrected chi connectivity index (χ2v) is 4.34. The number of carbonyl (C=O) groups is 1. The number of rotatable bonds is 4. The minimum absolute atomic E-state index is 0.491. The van der Waals surface area contributed by atoms with E-state index in [9.17, 15) is 9.90 Å². The Hall–Kier alpha value is -0.620. The summed E-state index contributed by atoms with van der Waals surface area (Å²) in [5.41, 5.74) is 1.03. The van der Waals surface area contributed by atoms with Crippen LogP contribution in [0.15, 0.2) is 24.3 Å². The molecule has 3 nitrogen and oxygen atoms in total. The number of carbonyl (C=O) groups excluding carboxylic acids is 1. The van der Waals surface area contributed by atoms with E-state index >= 15 is 0 Å². The van der Waals surface area contributed by atoms with E-state index in [0.717, 1.165) is 9.13 Å². The first-order valence-corrected chi connectivity index (χ1v) is 5.46. The topological polar surface area (TPSA) is 56.7 Å². The van der Waals surface area contributed by atoms with Crippen molar-refractivity contribution in [2.45, 2.75) is 12.5 Å². The number of aliphatic carboxylic acids is 1. The van der Waals surface area contributed by atoms with Gasteiger partial charge in [0.15, 0.2) is 0 Å². The molecule has 2 N–H and O–H groups in total. The second-order valence-electron chi connectivity index (χ2n) is 3.09. The Morgan fingerprint density at radius 1 is 1.50 bits per heavy atom. The summed E-state index contributed by atoms with van der Waals surface area (Å²) in [4.78, 5) is 10.7. The number of benzene rings is 1. The van der Waals surface area contributed by atoms with Gasteiger partial charge in [0.25, 0.3) is 0 Å². The van der Waals surface area contributed by atoms with Crippen molar-refractivity contribution in [3.63, 3.8) is 0 Å². The minimum atomic E-state index is -1.01. The van der Waals surface area contributed by atoms with Crippen molar-refractivity contribution in [2.24, 2.45) is 0 Å². The maximum absolute atomic E-state index is 10.7. The SMILES string of the molecule is C[NH2+][C@H](Cc1ccc(I)cc1)C(=O)[O-]. The highest BCUT2D eigenvalue weighted by atomic mass is 127. The molecule has 0 spiro atoms. The van der Waals surface area contributed by atoms with Gasteiger partial charge in [0, 0.05) is 9.99 Å². The molecule has 0 unspecified atom stereocenters. The number of carboxylic acids is 1. The van der Waals surface area contributed by atoms with Crippen LogP contribution in [0.5, 0.6) is 0 Å². The van der Waals surface area contributed by atoms with Crippen molar-refractivity contribution in [2.75, 3.05) is 7.05 Å². The zero-order valence-electron chi connectivity index (χ0n) is 7.87. The van der Waals surface area contributed by atoms with Gasteiger partial charge in [-0.1, -0.05) is 12.1 Å². The molecule has 0 heterocycles. The maximum atomic E-state index is 10.7. The summed E-state index contributed by atoms with van der Waals surface area (Å²) < 4.78 is 1.15. The molecule has 0 aliphatic rings. The van der Waals surface area contributed by atoms with Gasteiger partial charge in [-0.05, 0) is 40.3 Å². The Morgan fingerprint density at radius 3 is 2.50 bits per heavy atom. The number of carboxylic acid groups (broad SMARTS) is 1. The van der Waals surface area contributed by atoms with Gasteiger partial charge in [-0.3, -0.25) is 0 Å². The molecule has 0 fully saturated rings. The summed E-state index contributed by atoms with van der Waals surface area (Å²) in [6, 6.07) is 7.34. The zero-order chi connectivity index (χ0) is 10.6. The molecule has 0 saturated carbocycles. The fraction of sp³-hybridized carbons (Fsp3) is 0.300. The largest absolute Gasteiger partial charge is 0.544 e. The summed E-state index contributed by atoms with van der Waals surface area (Å²) in [7, 11) is 1.74. The lowest BCUT2D eigenvalue weighted by atomic mass is 10.1. The summed E-state index contributed by atoms with van der Waals surface area (Å²) in [6.45, 7) is 0. The molecule has 1 aromatic carbocycles. The third-order valence-corrected chi connectivity index (χ3v) is 2.79. The van der Waals surface area contributed by atoms with Crippen molar-refractivity contribution in [1.82, 2.24) is 0 Å². The standard InChI is InChI=1S/C10H12INO2/c1-12-9(10(13)14)6-7-2-4-8(11)5-3-7/h2-5,9,12H,6H2,1H3,(H,13,14)/t9-/m1/s1. The van der Waals surface area contributed by atoms with Crippen molar-refractivity contribution >= 4 is 28.6 Å². The summed E-state index contributed by atoms with van der Waals surface area (Å²) >= 11 is 2.22. The highest BCUT2D eigenvalue weighted by Gasteiger charge is 2.11. The van der Waals surface area contributed by atoms with E-state index in [2.05, 4.69) is 22.6 Å². The lowest BCUT2D eigenvalue weighted by Crippen LogP contribution is -2.90. The van der Waals surface area contributed by atoms with E-state index in [1.54, 1.807) is 12.4 Å². The van der Waals surface area contributed by atoms with Crippen molar-refractivity contribution in [3.05, 3.63) is 33.4 Å². The first-order valence-electron chi connectivity index (χ1n) is 4.38. The van der Waals surface area contributed by atoms with E-state index in [0.29, 0.717) is 6.42 Å². The molecule has 0 bridgehead atoms. The Balaban J connectivity index is 2.67. The maximum Gasteiger partial charge on any atom is 0.130 e. The van der Waals surface area contributed by atoms with Crippen LogP contribution in [0, 0.1) is 3.57 Å².